The van der Waals surface area contributed by atoms with Gasteiger partial charge in [0.1, 0.15) is 12.6 Å². The van der Waals surface area contributed by atoms with Crippen LogP contribution in [0.4, 0.5) is 13.2 Å². The Kier molecular flexibility index (Phi) is 7.33. The van der Waals surface area contributed by atoms with E-state index in [1.807, 2.05) is 0 Å². The van der Waals surface area contributed by atoms with Crippen LogP contribution in [0.1, 0.15) is 19.8 Å². The SMILES string of the molecule is CCC(NC(=O)CCOCC(F)(F)F)C(=O)OC. The van der Waals surface area contributed by atoms with E-state index < -0.39 is 30.7 Å². The first kappa shape index (κ1) is 16.7. The van der Waals surface area contributed by atoms with E-state index in [-0.39, 0.29) is 13.0 Å². The molecule has 0 spiro atoms. The quantitative estimate of drug-likeness (QED) is 0.554. The lowest BCUT2D eigenvalue weighted by molar-refractivity contribution is -0.174. The highest BCUT2D eigenvalue weighted by molar-refractivity contribution is 5.84. The highest BCUT2D eigenvalue weighted by Gasteiger charge is 2.27. The molecule has 0 fully saturated rings. The first-order valence-electron chi connectivity index (χ1n) is 5.31. The van der Waals surface area contributed by atoms with Crippen molar-refractivity contribution in [1.29, 1.82) is 0 Å². The standard InChI is InChI=1S/C10H16F3NO4/c1-3-7(9(16)17-2)14-8(15)4-5-18-6-10(11,12)13/h7H,3-6H2,1-2H3,(H,14,15). The van der Waals surface area contributed by atoms with E-state index in [0.717, 1.165) is 0 Å². The zero-order valence-electron chi connectivity index (χ0n) is 10.2. The maximum Gasteiger partial charge on any atom is 0.411 e. The number of rotatable bonds is 7. The van der Waals surface area contributed by atoms with Gasteiger partial charge in [-0.1, -0.05) is 6.92 Å². The maximum absolute atomic E-state index is 11.7. The minimum absolute atomic E-state index is 0.246. The number of hydrogen-bond donors (Lipinski definition) is 1. The van der Waals surface area contributed by atoms with Gasteiger partial charge in [-0.3, -0.25) is 4.79 Å². The molecule has 1 amide bonds. The molecule has 8 heteroatoms. The van der Waals surface area contributed by atoms with Crippen LogP contribution in [0.15, 0.2) is 0 Å². The summed E-state index contributed by atoms with van der Waals surface area (Å²) in [4.78, 5) is 22.4. The molecule has 0 aromatic heterocycles. The Morgan fingerprint density at radius 3 is 2.39 bits per heavy atom. The van der Waals surface area contributed by atoms with Gasteiger partial charge in [-0.25, -0.2) is 4.79 Å². The predicted octanol–water partition coefficient (Wildman–Crippen LogP) is 1.02. The number of hydrogen-bond acceptors (Lipinski definition) is 4. The maximum atomic E-state index is 11.7. The summed E-state index contributed by atoms with van der Waals surface area (Å²) in [6, 6.07) is -0.787. The molecule has 1 unspecified atom stereocenters. The lowest BCUT2D eigenvalue weighted by Crippen LogP contribution is -2.41. The van der Waals surface area contributed by atoms with Crippen molar-refractivity contribution in [2.75, 3.05) is 20.3 Å². The molecule has 0 bridgehead atoms. The van der Waals surface area contributed by atoms with Crippen molar-refractivity contribution >= 4 is 11.9 Å². The zero-order valence-corrected chi connectivity index (χ0v) is 10.2. The number of nitrogens with one attached hydrogen (secondary N) is 1. The van der Waals surface area contributed by atoms with Crippen molar-refractivity contribution in [3.05, 3.63) is 0 Å². The zero-order chi connectivity index (χ0) is 14.2. The molecule has 1 N–H and O–H groups in total. The van der Waals surface area contributed by atoms with Gasteiger partial charge in [-0.05, 0) is 6.42 Å². The van der Waals surface area contributed by atoms with E-state index in [1.165, 1.54) is 7.11 Å². The number of amides is 1. The van der Waals surface area contributed by atoms with Gasteiger partial charge < -0.3 is 14.8 Å². The summed E-state index contributed by atoms with van der Waals surface area (Å²) >= 11 is 0. The van der Waals surface area contributed by atoms with Gasteiger partial charge >= 0.3 is 12.1 Å². The van der Waals surface area contributed by atoms with Crippen LogP contribution in [0.25, 0.3) is 0 Å². The second kappa shape index (κ2) is 7.91. The molecule has 5 nitrogen and oxygen atoms in total. The van der Waals surface area contributed by atoms with Crippen LogP contribution in [0.2, 0.25) is 0 Å². The number of methoxy groups -OCH3 is 1. The third kappa shape index (κ3) is 7.88. The lowest BCUT2D eigenvalue weighted by Gasteiger charge is -2.14. The molecular formula is C10H16F3NO4. The van der Waals surface area contributed by atoms with Crippen LogP contribution >= 0.6 is 0 Å². The molecule has 18 heavy (non-hydrogen) atoms. The van der Waals surface area contributed by atoms with Gasteiger partial charge in [-0.2, -0.15) is 13.2 Å². The minimum atomic E-state index is -4.41. The largest absolute Gasteiger partial charge is 0.467 e. The molecule has 0 rings (SSSR count). The van der Waals surface area contributed by atoms with Crippen molar-refractivity contribution in [3.63, 3.8) is 0 Å². The smallest absolute Gasteiger partial charge is 0.411 e. The van der Waals surface area contributed by atoms with Gasteiger partial charge in [0.15, 0.2) is 0 Å². The van der Waals surface area contributed by atoms with Crippen LogP contribution in [-0.4, -0.2) is 44.4 Å². The van der Waals surface area contributed by atoms with Crippen molar-refractivity contribution in [2.45, 2.75) is 32.0 Å². The Morgan fingerprint density at radius 2 is 1.94 bits per heavy atom. The lowest BCUT2D eigenvalue weighted by atomic mass is 10.2. The Balaban J connectivity index is 3.86. The minimum Gasteiger partial charge on any atom is -0.467 e. The van der Waals surface area contributed by atoms with Crippen LogP contribution in [0.3, 0.4) is 0 Å². The van der Waals surface area contributed by atoms with Crippen LogP contribution < -0.4 is 5.32 Å². The average molecular weight is 271 g/mol. The first-order valence-corrected chi connectivity index (χ1v) is 5.31. The van der Waals surface area contributed by atoms with Gasteiger partial charge in [0.05, 0.1) is 13.7 Å². The fraction of sp³-hybridized carbons (Fsp3) is 0.800. The third-order valence-corrected chi connectivity index (χ3v) is 1.97. The highest BCUT2D eigenvalue weighted by Crippen LogP contribution is 2.14. The normalized spacial score (nSPS) is 12.9. The molecule has 0 heterocycles. The Morgan fingerprint density at radius 1 is 1.33 bits per heavy atom. The van der Waals surface area contributed by atoms with E-state index in [2.05, 4.69) is 14.8 Å². The Labute approximate surface area is 103 Å². The van der Waals surface area contributed by atoms with Crippen LogP contribution in [0.5, 0.6) is 0 Å². The number of ether oxygens (including phenoxy) is 2. The van der Waals surface area contributed by atoms with Crippen molar-refractivity contribution in [1.82, 2.24) is 5.32 Å². The van der Waals surface area contributed by atoms with Gasteiger partial charge in [0, 0.05) is 6.42 Å². The summed E-state index contributed by atoms with van der Waals surface area (Å²) in [7, 11) is 1.18. The summed E-state index contributed by atoms with van der Waals surface area (Å²) < 4.78 is 43.8. The molecule has 0 aliphatic heterocycles. The number of carbonyl (C=O) groups excluding carboxylic acids is 2. The molecule has 0 saturated heterocycles. The van der Waals surface area contributed by atoms with Crippen molar-refractivity contribution in [3.8, 4) is 0 Å². The van der Waals surface area contributed by atoms with Crippen LogP contribution in [-0.2, 0) is 19.1 Å². The molecule has 1 atom stereocenters. The number of halogens is 3. The highest BCUT2D eigenvalue weighted by atomic mass is 19.4. The summed E-state index contributed by atoms with van der Waals surface area (Å²) in [5, 5.41) is 2.34. The second-order valence-corrected chi connectivity index (χ2v) is 3.47. The number of esters is 1. The summed E-state index contributed by atoms with van der Waals surface area (Å²) in [6.07, 6.45) is -4.32. The molecule has 0 aromatic rings. The Bertz CT molecular complexity index is 281. The second-order valence-electron chi connectivity index (χ2n) is 3.47. The molecule has 106 valence electrons. The van der Waals surface area contributed by atoms with Crippen LogP contribution in [0, 0.1) is 0 Å². The molecule has 0 aliphatic rings. The summed E-state index contributed by atoms with van der Waals surface area (Å²) in [5.41, 5.74) is 0. The fourth-order valence-electron chi connectivity index (χ4n) is 1.09. The van der Waals surface area contributed by atoms with E-state index in [9.17, 15) is 22.8 Å². The average Bonchev–Trinajstić information content (AvgIpc) is 2.29. The van der Waals surface area contributed by atoms with E-state index in [4.69, 9.17) is 0 Å². The molecule has 0 aliphatic carbocycles. The third-order valence-electron chi connectivity index (χ3n) is 1.97. The predicted molar refractivity (Wildman–Crippen MR) is 55.7 cm³/mol. The Hall–Kier alpha value is -1.31. The summed E-state index contributed by atoms with van der Waals surface area (Å²) in [6.45, 7) is -0.0839. The van der Waals surface area contributed by atoms with Gasteiger partial charge in [0.25, 0.3) is 0 Å². The van der Waals surface area contributed by atoms with E-state index in [0.29, 0.717) is 6.42 Å². The fourth-order valence-corrected chi connectivity index (χ4v) is 1.09. The molecule has 0 aromatic carbocycles. The van der Waals surface area contributed by atoms with E-state index >= 15 is 0 Å². The monoisotopic (exact) mass is 271 g/mol. The molecule has 0 radical (unpaired) electrons. The van der Waals surface area contributed by atoms with Gasteiger partial charge in [-0.15, -0.1) is 0 Å². The molecular weight excluding hydrogens is 255 g/mol. The summed E-state index contributed by atoms with van der Waals surface area (Å²) in [5.74, 6) is -1.16. The van der Waals surface area contributed by atoms with Crippen molar-refractivity contribution in [2.24, 2.45) is 0 Å². The van der Waals surface area contributed by atoms with E-state index in [1.54, 1.807) is 6.92 Å². The van der Waals surface area contributed by atoms with Gasteiger partial charge in [0.2, 0.25) is 5.91 Å². The van der Waals surface area contributed by atoms with Crippen molar-refractivity contribution < 1.29 is 32.2 Å². The first-order chi connectivity index (χ1) is 8.30. The topological polar surface area (TPSA) is 64.6 Å². The molecule has 0 saturated carbocycles. The number of alkyl halides is 3. The number of carbonyl (C=O) groups is 2.